The maximum absolute atomic E-state index is 13.6. The number of urea groups is 1. The lowest BCUT2D eigenvalue weighted by molar-refractivity contribution is -0.147. The van der Waals surface area contributed by atoms with Crippen molar-refractivity contribution >= 4 is 12.0 Å². The number of rotatable bonds is 7. The molecular formula is C22H34N2O5. The zero-order chi connectivity index (χ0) is 21.7. The molecule has 2 N–H and O–H groups in total. The van der Waals surface area contributed by atoms with Gasteiger partial charge in [-0.3, -0.25) is 0 Å². The van der Waals surface area contributed by atoms with Gasteiger partial charge in [0.15, 0.2) is 0 Å². The summed E-state index contributed by atoms with van der Waals surface area (Å²) < 4.78 is 4.95. The molecule has 1 heterocycles. The number of benzene rings is 1. The van der Waals surface area contributed by atoms with Crippen LogP contribution in [0, 0.1) is 11.8 Å². The summed E-state index contributed by atoms with van der Waals surface area (Å²) in [5.41, 5.74) is 0.911. The maximum atomic E-state index is 13.6. The molecule has 29 heavy (non-hydrogen) atoms. The van der Waals surface area contributed by atoms with Gasteiger partial charge in [0.2, 0.25) is 0 Å². The maximum Gasteiger partial charge on any atom is 0.328 e. The van der Waals surface area contributed by atoms with E-state index in [1.807, 2.05) is 58.0 Å². The Kier molecular flexibility index (Phi) is 8.05. The van der Waals surface area contributed by atoms with Crippen LogP contribution in [0.1, 0.15) is 39.7 Å². The van der Waals surface area contributed by atoms with Crippen molar-refractivity contribution in [1.82, 2.24) is 9.80 Å². The van der Waals surface area contributed by atoms with E-state index in [9.17, 15) is 19.8 Å². The monoisotopic (exact) mass is 406 g/mol. The zero-order valence-corrected chi connectivity index (χ0v) is 18.0. The molecule has 0 spiro atoms. The quantitative estimate of drug-likeness (QED) is 0.678. The van der Waals surface area contributed by atoms with Gasteiger partial charge in [-0.25, -0.2) is 9.59 Å². The fourth-order valence-corrected chi connectivity index (χ4v) is 3.99. The van der Waals surface area contributed by atoms with Crippen molar-refractivity contribution in [3.63, 3.8) is 0 Å². The molecule has 1 fully saturated rings. The number of aliphatic hydroxyl groups excluding tert-OH is 2. The minimum absolute atomic E-state index is 0.0889. The fraction of sp³-hybridized carbons (Fsp3) is 0.636. The summed E-state index contributed by atoms with van der Waals surface area (Å²) in [5, 5.41) is 21.5. The number of β-amino-alcohol motifs (C(OH)–C–C–N with tert-alkyl or cyclic N) is 1. The molecule has 0 bridgehead atoms. The van der Waals surface area contributed by atoms with Gasteiger partial charge in [0, 0.05) is 6.54 Å². The Balaban J connectivity index is 2.48. The van der Waals surface area contributed by atoms with Gasteiger partial charge in [-0.15, -0.1) is 0 Å². The van der Waals surface area contributed by atoms with Crippen LogP contribution < -0.4 is 0 Å². The van der Waals surface area contributed by atoms with Crippen molar-refractivity contribution in [3.8, 4) is 0 Å². The van der Waals surface area contributed by atoms with Crippen LogP contribution in [0.2, 0.25) is 0 Å². The number of methoxy groups -OCH3 is 1. The molecule has 162 valence electrons. The third-order valence-electron chi connectivity index (χ3n) is 5.40. The van der Waals surface area contributed by atoms with Crippen LogP contribution in [0.5, 0.6) is 0 Å². The highest BCUT2D eigenvalue weighted by Gasteiger charge is 2.45. The molecule has 1 saturated heterocycles. The van der Waals surface area contributed by atoms with Gasteiger partial charge in [-0.2, -0.15) is 0 Å². The number of hydrogen-bond acceptors (Lipinski definition) is 5. The zero-order valence-electron chi connectivity index (χ0n) is 18.0. The predicted molar refractivity (Wildman–Crippen MR) is 110 cm³/mol. The van der Waals surface area contributed by atoms with E-state index in [0.29, 0.717) is 6.42 Å². The van der Waals surface area contributed by atoms with Crippen LogP contribution >= 0.6 is 0 Å². The van der Waals surface area contributed by atoms with Crippen LogP contribution in [0.4, 0.5) is 4.79 Å². The second kappa shape index (κ2) is 10.1. The van der Waals surface area contributed by atoms with Crippen molar-refractivity contribution in [2.24, 2.45) is 11.8 Å². The lowest BCUT2D eigenvalue weighted by Gasteiger charge is -2.38. The topological polar surface area (TPSA) is 90.3 Å². The highest BCUT2D eigenvalue weighted by molar-refractivity contribution is 5.84. The molecule has 1 aliphatic heterocycles. The van der Waals surface area contributed by atoms with Gasteiger partial charge >= 0.3 is 12.0 Å². The average Bonchev–Trinajstić information content (AvgIpc) is 2.76. The van der Waals surface area contributed by atoms with Gasteiger partial charge in [-0.1, -0.05) is 58.0 Å². The smallest absolute Gasteiger partial charge is 0.328 e. The number of carbonyl (C=O) groups excluding carboxylic acids is 2. The Hall–Kier alpha value is -2.12. The van der Waals surface area contributed by atoms with E-state index in [-0.39, 0.29) is 31.0 Å². The Morgan fingerprint density at radius 1 is 1.17 bits per heavy atom. The molecule has 0 unspecified atom stereocenters. The molecule has 2 rings (SSSR count). The van der Waals surface area contributed by atoms with E-state index >= 15 is 0 Å². The number of carbonyl (C=O) groups is 2. The van der Waals surface area contributed by atoms with E-state index in [1.165, 1.54) is 12.0 Å². The molecule has 2 amide bonds. The Morgan fingerprint density at radius 2 is 1.79 bits per heavy atom. The largest absolute Gasteiger partial charge is 0.467 e. The van der Waals surface area contributed by atoms with Crippen LogP contribution in [0.25, 0.3) is 0 Å². The molecule has 4 atom stereocenters. The van der Waals surface area contributed by atoms with Crippen LogP contribution in [0.3, 0.4) is 0 Å². The lowest BCUT2D eigenvalue weighted by atomic mass is 9.93. The summed E-state index contributed by atoms with van der Waals surface area (Å²) in [6.45, 7) is 7.89. The number of amides is 2. The first-order valence-electron chi connectivity index (χ1n) is 10.2. The Bertz CT molecular complexity index is 679. The van der Waals surface area contributed by atoms with Gasteiger partial charge in [0.25, 0.3) is 0 Å². The predicted octanol–water partition coefficient (Wildman–Crippen LogP) is 2.26. The number of aliphatic hydroxyl groups is 2. The van der Waals surface area contributed by atoms with Crippen molar-refractivity contribution in [2.45, 2.75) is 65.0 Å². The third-order valence-corrected chi connectivity index (χ3v) is 5.40. The van der Waals surface area contributed by atoms with Crippen molar-refractivity contribution in [3.05, 3.63) is 35.9 Å². The van der Waals surface area contributed by atoms with E-state index in [4.69, 9.17) is 4.74 Å². The van der Waals surface area contributed by atoms with E-state index in [0.717, 1.165) is 5.56 Å². The number of nitrogens with zero attached hydrogens (tertiary/aromatic N) is 2. The summed E-state index contributed by atoms with van der Waals surface area (Å²) in [6, 6.07) is 7.72. The number of ether oxygens (including phenoxy) is 1. The summed E-state index contributed by atoms with van der Waals surface area (Å²) >= 11 is 0. The van der Waals surface area contributed by atoms with Crippen molar-refractivity contribution in [2.75, 3.05) is 13.7 Å². The molecule has 0 saturated carbocycles. The first-order valence-corrected chi connectivity index (χ1v) is 10.2. The molecule has 1 aliphatic rings. The van der Waals surface area contributed by atoms with E-state index in [2.05, 4.69) is 0 Å². The van der Waals surface area contributed by atoms with Gasteiger partial charge < -0.3 is 24.7 Å². The molecular weight excluding hydrogens is 372 g/mol. The molecule has 0 aliphatic carbocycles. The van der Waals surface area contributed by atoms with Crippen LogP contribution in [0.15, 0.2) is 30.3 Å². The fourth-order valence-electron chi connectivity index (χ4n) is 3.99. The summed E-state index contributed by atoms with van der Waals surface area (Å²) in [5.74, 6) is -0.467. The molecule has 1 aromatic carbocycles. The Labute approximate surface area is 173 Å². The van der Waals surface area contributed by atoms with Crippen molar-refractivity contribution < 1.29 is 24.5 Å². The van der Waals surface area contributed by atoms with Gasteiger partial charge in [-0.05, 0) is 23.8 Å². The Morgan fingerprint density at radius 3 is 2.31 bits per heavy atom. The van der Waals surface area contributed by atoms with E-state index in [1.54, 1.807) is 4.90 Å². The summed E-state index contributed by atoms with van der Waals surface area (Å²) in [7, 11) is 1.29. The third kappa shape index (κ3) is 5.48. The summed E-state index contributed by atoms with van der Waals surface area (Å²) in [4.78, 5) is 29.1. The van der Waals surface area contributed by atoms with Gasteiger partial charge in [0.1, 0.15) is 12.1 Å². The molecule has 7 heteroatoms. The second-order valence-corrected chi connectivity index (χ2v) is 8.51. The average molecular weight is 407 g/mol. The molecule has 0 aromatic heterocycles. The summed E-state index contributed by atoms with van der Waals surface area (Å²) in [6.07, 6.45) is -1.87. The van der Waals surface area contributed by atoms with Gasteiger partial charge in [0.05, 0.1) is 25.8 Å². The van der Waals surface area contributed by atoms with Crippen molar-refractivity contribution in [1.29, 1.82) is 0 Å². The minimum atomic E-state index is -1.16. The highest BCUT2D eigenvalue weighted by Crippen LogP contribution is 2.28. The lowest BCUT2D eigenvalue weighted by Crippen LogP contribution is -2.54. The van der Waals surface area contributed by atoms with Crippen LogP contribution in [-0.2, 0) is 16.1 Å². The molecule has 1 aromatic rings. The SMILES string of the molecule is COC(=O)[C@H](CC(C)C)N1C[C@@H](O)[C@@H](O)[C@H](C(C)C)N(Cc2ccccc2)C1=O. The first kappa shape index (κ1) is 23.2. The normalized spacial score (nSPS) is 24.0. The molecule has 7 nitrogen and oxygen atoms in total. The first-order chi connectivity index (χ1) is 13.7. The highest BCUT2D eigenvalue weighted by atomic mass is 16.5. The van der Waals surface area contributed by atoms with Crippen LogP contribution in [-0.4, -0.2) is 70.0 Å². The van der Waals surface area contributed by atoms with E-state index < -0.39 is 30.3 Å². The minimum Gasteiger partial charge on any atom is -0.467 e. The number of esters is 1. The number of hydrogen-bond donors (Lipinski definition) is 2. The molecule has 0 radical (unpaired) electrons. The second-order valence-electron chi connectivity index (χ2n) is 8.51. The standard InChI is InChI=1S/C22H34N2O5/c1-14(2)11-17(21(27)29-5)23-13-18(25)20(26)19(15(3)4)24(22(23)28)12-16-9-7-6-8-10-16/h6-10,14-15,17-20,25-26H,11-13H2,1-5H3/t17-,18+,19-,20+/m0/s1.